The molecule has 0 spiro atoms. The smallest absolute Gasteiger partial charge is 0.342 e. The summed E-state index contributed by atoms with van der Waals surface area (Å²) < 4.78 is 12.0. The molecule has 2 aromatic carbocycles. The Morgan fingerprint density at radius 1 is 1.26 bits per heavy atom. The maximum atomic E-state index is 11.7. The third-order valence-electron chi connectivity index (χ3n) is 3.41. The van der Waals surface area contributed by atoms with Crippen LogP contribution in [-0.2, 0) is 11.4 Å². The molecular weight excluding hydrogens is 432 g/mol. The number of benzene rings is 2. The Kier molecular flexibility index (Phi) is 6.31. The number of ether oxygens (including phenoxy) is 1. The summed E-state index contributed by atoms with van der Waals surface area (Å²) in [6, 6.07) is 15.2. The van der Waals surface area contributed by atoms with Crippen molar-refractivity contribution in [2.45, 2.75) is 18.8 Å². The van der Waals surface area contributed by atoms with Crippen LogP contribution in [0.15, 0.2) is 67.5 Å². The highest BCUT2D eigenvalue weighted by atomic mass is 79.9. The van der Waals surface area contributed by atoms with Crippen molar-refractivity contribution in [2.24, 2.45) is 0 Å². The predicted octanol–water partition coefficient (Wildman–Crippen LogP) is 4.94. The molecule has 0 fully saturated rings. The normalized spacial score (nSPS) is 11.4. The number of carboxylic acids is 1. The summed E-state index contributed by atoms with van der Waals surface area (Å²) in [7, 11) is 0. The van der Waals surface area contributed by atoms with Crippen molar-refractivity contribution >= 4 is 39.7 Å². The first-order valence-corrected chi connectivity index (χ1v) is 9.51. The number of aliphatic carboxylic acids is 1. The third kappa shape index (κ3) is 5.45. The van der Waals surface area contributed by atoms with E-state index in [9.17, 15) is 9.90 Å². The van der Waals surface area contributed by atoms with Crippen molar-refractivity contribution in [3.05, 3.63) is 74.9 Å². The Bertz CT molecular complexity index is 973. The number of aryl methyl sites for hydroxylation is 1. The summed E-state index contributed by atoms with van der Waals surface area (Å²) in [6.45, 7) is 2.02. The van der Waals surface area contributed by atoms with Gasteiger partial charge in [-0.3, -0.25) is 0 Å². The molecule has 0 atom stereocenters. The molecule has 0 amide bonds. The van der Waals surface area contributed by atoms with E-state index in [0.29, 0.717) is 23.8 Å². The summed E-state index contributed by atoms with van der Waals surface area (Å²) in [5.74, 6) is -0.149. The van der Waals surface area contributed by atoms with Gasteiger partial charge in [-0.05, 0) is 41.6 Å². The van der Waals surface area contributed by atoms with E-state index in [-0.39, 0.29) is 10.1 Å². The number of halogens is 1. The van der Waals surface area contributed by atoms with E-state index in [1.165, 1.54) is 6.08 Å². The van der Waals surface area contributed by atoms with Gasteiger partial charge in [-0.2, -0.15) is 0 Å². The molecule has 0 bridgehead atoms. The van der Waals surface area contributed by atoms with Gasteiger partial charge in [0, 0.05) is 17.0 Å². The number of carbonyl (C=O) groups is 1. The standard InChI is InChI=1S/C19H15BrN2O4S/c1-12-21-22-19(26-12)27-17(18(23)24)10-14-9-15(20)7-8-16(14)25-11-13-5-3-2-4-6-13/h2-10H,11H2,1H3,(H,23,24)/b17-10-. The Morgan fingerprint density at radius 3 is 2.70 bits per heavy atom. The van der Waals surface area contributed by atoms with Gasteiger partial charge < -0.3 is 14.3 Å². The van der Waals surface area contributed by atoms with Crippen molar-refractivity contribution in [3.63, 3.8) is 0 Å². The lowest BCUT2D eigenvalue weighted by Gasteiger charge is -2.10. The SMILES string of the molecule is Cc1nnc(S/C(=C\c2cc(Br)ccc2OCc2ccccc2)C(=O)O)o1. The van der Waals surface area contributed by atoms with Gasteiger partial charge in [0.2, 0.25) is 5.89 Å². The lowest BCUT2D eigenvalue weighted by Crippen LogP contribution is -1.99. The van der Waals surface area contributed by atoms with Gasteiger partial charge in [-0.1, -0.05) is 46.3 Å². The van der Waals surface area contributed by atoms with Crippen LogP contribution in [0, 0.1) is 6.92 Å². The molecule has 3 rings (SSSR count). The number of rotatable bonds is 7. The van der Waals surface area contributed by atoms with Gasteiger partial charge in [0.15, 0.2) is 0 Å². The average Bonchev–Trinajstić information content (AvgIpc) is 3.06. The van der Waals surface area contributed by atoms with E-state index < -0.39 is 5.97 Å². The fourth-order valence-electron chi connectivity index (χ4n) is 2.19. The van der Waals surface area contributed by atoms with E-state index in [1.54, 1.807) is 19.1 Å². The molecule has 1 heterocycles. The van der Waals surface area contributed by atoms with Gasteiger partial charge in [0.1, 0.15) is 17.3 Å². The van der Waals surface area contributed by atoms with Gasteiger partial charge in [-0.25, -0.2) is 4.79 Å². The first-order chi connectivity index (χ1) is 13.0. The molecule has 6 nitrogen and oxygen atoms in total. The fraction of sp³-hybridized carbons (Fsp3) is 0.105. The molecule has 1 aromatic heterocycles. The third-order valence-corrected chi connectivity index (χ3v) is 4.76. The van der Waals surface area contributed by atoms with E-state index in [0.717, 1.165) is 21.8 Å². The highest BCUT2D eigenvalue weighted by Gasteiger charge is 2.16. The predicted molar refractivity (Wildman–Crippen MR) is 105 cm³/mol. The van der Waals surface area contributed by atoms with Crippen LogP contribution in [0.4, 0.5) is 0 Å². The van der Waals surface area contributed by atoms with Crippen LogP contribution in [0.1, 0.15) is 17.0 Å². The minimum Gasteiger partial charge on any atom is -0.488 e. The van der Waals surface area contributed by atoms with Crippen LogP contribution >= 0.6 is 27.7 Å². The van der Waals surface area contributed by atoms with E-state index >= 15 is 0 Å². The Morgan fingerprint density at radius 2 is 2.04 bits per heavy atom. The molecule has 0 unspecified atom stereocenters. The molecule has 0 saturated carbocycles. The highest BCUT2D eigenvalue weighted by Crippen LogP contribution is 2.32. The molecule has 0 saturated heterocycles. The summed E-state index contributed by atoms with van der Waals surface area (Å²) in [5, 5.41) is 17.2. The van der Waals surface area contributed by atoms with Gasteiger partial charge in [0.05, 0.1) is 0 Å². The lowest BCUT2D eigenvalue weighted by atomic mass is 10.2. The van der Waals surface area contributed by atoms with E-state index in [4.69, 9.17) is 9.15 Å². The number of hydrogen-bond acceptors (Lipinski definition) is 6. The lowest BCUT2D eigenvalue weighted by molar-refractivity contribution is -0.131. The van der Waals surface area contributed by atoms with Crippen LogP contribution in [0.3, 0.4) is 0 Å². The Balaban J connectivity index is 1.87. The molecule has 27 heavy (non-hydrogen) atoms. The second-order valence-electron chi connectivity index (χ2n) is 5.46. The molecule has 0 aliphatic heterocycles. The first kappa shape index (κ1) is 19.2. The van der Waals surface area contributed by atoms with Gasteiger partial charge >= 0.3 is 5.97 Å². The van der Waals surface area contributed by atoms with Gasteiger partial charge in [0.25, 0.3) is 5.22 Å². The van der Waals surface area contributed by atoms with Crippen LogP contribution < -0.4 is 4.74 Å². The largest absolute Gasteiger partial charge is 0.488 e. The van der Waals surface area contributed by atoms with E-state index in [2.05, 4.69) is 26.1 Å². The van der Waals surface area contributed by atoms with Gasteiger partial charge in [-0.15, -0.1) is 10.2 Å². The van der Waals surface area contributed by atoms with Crippen molar-refractivity contribution < 1.29 is 19.1 Å². The summed E-state index contributed by atoms with van der Waals surface area (Å²) >= 11 is 4.30. The number of hydrogen-bond donors (Lipinski definition) is 1. The topological polar surface area (TPSA) is 85.5 Å². The first-order valence-electron chi connectivity index (χ1n) is 7.90. The molecule has 0 radical (unpaired) electrons. The second-order valence-corrected chi connectivity index (χ2v) is 7.37. The van der Waals surface area contributed by atoms with Crippen LogP contribution in [0.25, 0.3) is 6.08 Å². The summed E-state index contributed by atoms with van der Waals surface area (Å²) in [4.78, 5) is 11.7. The molecular formula is C19H15BrN2O4S. The zero-order valence-electron chi connectivity index (χ0n) is 14.3. The molecule has 1 N–H and O–H groups in total. The van der Waals surface area contributed by atoms with Crippen LogP contribution in [0.2, 0.25) is 0 Å². The minimum absolute atomic E-state index is 0.0429. The number of aromatic nitrogens is 2. The fourth-order valence-corrected chi connectivity index (χ4v) is 3.27. The number of thioether (sulfide) groups is 1. The van der Waals surface area contributed by atoms with Crippen LogP contribution in [0.5, 0.6) is 5.75 Å². The van der Waals surface area contributed by atoms with Crippen LogP contribution in [-0.4, -0.2) is 21.3 Å². The summed E-state index contributed by atoms with van der Waals surface area (Å²) in [6.07, 6.45) is 1.53. The average molecular weight is 447 g/mol. The quantitative estimate of drug-likeness (QED) is 0.406. The molecule has 0 aliphatic carbocycles. The summed E-state index contributed by atoms with van der Waals surface area (Å²) in [5.41, 5.74) is 1.64. The molecule has 8 heteroatoms. The number of nitrogens with zero attached hydrogens (tertiary/aromatic N) is 2. The second kappa shape index (κ2) is 8.88. The maximum absolute atomic E-state index is 11.7. The molecule has 0 aliphatic rings. The Labute approximate surface area is 168 Å². The van der Waals surface area contributed by atoms with Crippen molar-refractivity contribution in [1.29, 1.82) is 0 Å². The highest BCUT2D eigenvalue weighted by molar-refractivity contribution is 9.10. The monoisotopic (exact) mass is 446 g/mol. The molecule has 3 aromatic rings. The van der Waals surface area contributed by atoms with Crippen molar-refractivity contribution in [2.75, 3.05) is 0 Å². The Hall–Kier alpha value is -2.58. The zero-order valence-corrected chi connectivity index (χ0v) is 16.7. The van der Waals surface area contributed by atoms with Crippen molar-refractivity contribution in [3.8, 4) is 5.75 Å². The number of carboxylic acid groups (broad SMARTS) is 1. The maximum Gasteiger partial charge on any atom is 0.342 e. The molecule has 138 valence electrons. The van der Waals surface area contributed by atoms with E-state index in [1.807, 2.05) is 36.4 Å². The van der Waals surface area contributed by atoms with Crippen molar-refractivity contribution in [1.82, 2.24) is 10.2 Å². The zero-order chi connectivity index (χ0) is 19.2. The minimum atomic E-state index is -1.09.